The van der Waals surface area contributed by atoms with Crippen LogP contribution in [-0.2, 0) is 24.4 Å². The quantitative estimate of drug-likeness (QED) is 0.408. The summed E-state index contributed by atoms with van der Waals surface area (Å²) in [4.78, 5) is 0. The van der Waals surface area contributed by atoms with Crippen molar-refractivity contribution in [3.8, 4) is 5.75 Å². The number of hydrogen-bond donors (Lipinski definition) is 1. The molecule has 0 aromatic heterocycles. The minimum absolute atomic E-state index is 0.127. The highest BCUT2D eigenvalue weighted by atomic mass is 16.5. The van der Waals surface area contributed by atoms with Gasteiger partial charge in [-0.05, 0) is 90.7 Å². The van der Waals surface area contributed by atoms with Gasteiger partial charge in [0.05, 0.1) is 18.3 Å². The molecular formula is C33H38O3. The summed E-state index contributed by atoms with van der Waals surface area (Å²) in [7, 11) is 0. The lowest BCUT2D eigenvalue weighted by molar-refractivity contribution is -0.103. The Bertz CT molecular complexity index is 1190. The van der Waals surface area contributed by atoms with Gasteiger partial charge in [-0.2, -0.15) is 0 Å². The molecule has 1 N–H and O–H groups in total. The summed E-state index contributed by atoms with van der Waals surface area (Å²) in [6, 6.07) is 27.4. The van der Waals surface area contributed by atoms with E-state index in [1.165, 1.54) is 22.3 Å². The lowest BCUT2D eigenvalue weighted by Crippen LogP contribution is -2.53. The van der Waals surface area contributed by atoms with Gasteiger partial charge < -0.3 is 14.6 Å². The van der Waals surface area contributed by atoms with E-state index in [0.29, 0.717) is 25.0 Å². The zero-order valence-electron chi connectivity index (χ0n) is 21.5. The van der Waals surface area contributed by atoms with Crippen LogP contribution in [0.5, 0.6) is 5.75 Å². The highest BCUT2D eigenvalue weighted by Crippen LogP contribution is 2.64. The van der Waals surface area contributed by atoms with Crippen LogP contribution in [0.1, 0.15) is 67.7 Å². The zero-order valence-corrected chi connectivity index (χ0v) is 21.5. The molecule has 188 valence electrons. The summed E-state index contributed by atoms with van der Waals surface area (Å²) < 4.78 is 12.6. The molecular weight excluding hydrogens is 444 g/mol. The van der Waals surface area contributed by atoms with Crippen LogP contribution in [0, 0.1) is 17.3 Å². The molecule has 0 bridgehead atoms. The fourth-order valence-electron chi connectivity index (χ4n) is 7.94. The Labute approximate surface area is 215 Å². The molecule has 0 spiro atoms. The number of aryl methyl sites for hydroxylation is 1. The monoisotopic (exact) mass is 482 g/mol. The Morgan fingerprint density at radius 1 is 0.889 bits per heavy atom. The van der Waals surface area contributed by atoms with Crippen molar-refractivity contribution in [1.29, 1.82) is 0 Å². The number of hydrogen-bond acceptors (Lipinski definition) is 3. The van der Waals surface area contributed by atoms with Crippen LogP contribution in [0.15, 0.2) is 78.9 Å². The molecule has 0 amide bonds. The molecule has 3 aliphatic carbocycles. The molecule has 3 aliphatic rings. The predicted molar refractivity (Wildman–Crippen MR) is 143 cm³/mol. The Kier molecular flexibility index (Phi) is 6.17. The highest BCUT2D eigenvalue weighted by molar-refractivity contribution is 5.42. The second-order valence-corrected chi connectivity index (χ2v) is 12.0. The van der Waals surface area contributed by atoms with Gasteiger partial charge in [0, 0.05) is 5.92 Å². The van der Waals surface area contributed by atoms with E-state index in [0.717, 1.165) is 37.9 Å². The topological polar surface area (TPSA) is 38.7 Å². The third-order valence-corrected chi connectivity index (χ3v) is 9.26. The molecule has 6 rings (SSSR count). The Morgan fingerprint density at radius 2 is 1.58 bits per heavy atom. The fourth-order valence-corrected chi connectivity index (χ4v) is 7.94. The van der Waals surface area contributed by atoms with Gasteiger partial charge >= 0.3 is 0 Å². The first-order chi connectivity index (χ1) is 17.4. The summed E-state index contributed by atoms with van der Waals surface area (Å²) in [6.45, 7) is 5.74. The van der Waals surface area contributed by atoms with Gasteiger partial charge in [-0.15, -0.1) is 0 Å². The van der Waals surface area contributed by atoms with E-state index in [1.807, 2.05) is 18.2 Å². The standard InChI is InChI=1S/C33H38O3/c1-32-19-27(36-21-24-11-7-4-8-12-24)18-30(32)29-15-13-25-17-26(35-20-23-9-5-3-6-10-23)14-16-28(25)31(29)33(2,34)22-32/h3-12,14,16-17,27,29-31,34H,13,15,18-22H2,1-2H3/t27-,29+,30+,31-,32+,33+/m1/s1. The van der Waals surface area contributed by atoms with Crippen LogP contribution in [0.25, 0.3) is 0 Å². The van der Waals surface area contributed by atoms with Crippen molar-refractivity contribution >= 4 is 0 Å². The van der Waals surface area contributed by atoms with E-state index in [-0.39, 0.29) is 17.4 Å². The van der Waals surface area contributed by atoms with Crippen molar-refractivity contribution in [1.82, 2.24) is 0 Å². The van der Waals surface area contributed by atoms with E-state index in [1.54, 1.807) is 0 Å². The van der Waals surface area contributed by atoms with E-state index < -0.39 is 5.60 Å². The van der Waals surface area contributed by atoms with Crippen LogP contribution < -0.4 is 4.74 Å². The summed E-state index contributed by atoms with van der Waals surface area (Å²) >= 11 is 0. The van der Waals surface area contributed by atoms with E-state index >= 15 is 0 Å². The molecule has 36 heavy (non-hydrogen) atoms. The molecule has 0 aliphatic heterocycles. The second kappa shape index (κ2) is 9.36. The number of fused-ring (bicyclic) bond motifs is 5. The Balaban J connectivity index is 1.19. The molecule has 3 aromatic carbocycles. The molecule has 2 fully saturated rings. The SMILES string of the molecule is C[C@@]12C[C@H](OCc3ccccc3)C[C@H]1[C@@H]1CCc3cc(OCc4ccccc4)ccc3[C@H]1[C@@](C)(O)C2. The van der Waals surface area contributed by atoms with Gasteiger partial charge in [0.2, 0.25) is 0 Å². The van der Waals surface area contributed by atoms with E-state index in [9.17, 15) is 5.11 Å². The van der Waals surface area contributed by atoms with Gasteiger partial charge in [-0.25, -0.2) is 0 Å². The largest absolute Gasteiger partial charge is 0.489 e. The molecule has 3 nitrogen and oxygen atoms in total. The van der Waals surface area contributed by atoms with Crippen LogP contribution >= 0.6 is 0 Å². The number of aliphatic hydroxyl groups is 1. The van der Waals surface area contributed by atoms with E-state index in [2.05, 4.69) is 74.5 Å². The average Bonchev–Trinajstić information content (AvgIpc) is 3.22. The molecule has 0 saturated heterocycles. The molecule has 6 atom stereocenters. The molecule has 3 aromatic rings. The first kappa shape index (κ1) is 23.8. The van der Waals surface area contributed by atoms with Crippen LogP contribution in [0.2, 0.25) is 0 Å². The van der Waals surface area contributed by atoms with Crippen molar-refractivity contribution in [2.45, 2.75) is 76.8 Å². The normalized spacial score (nSPS) is 32.9. The van der Waals surface area contributed by atoms with Crippen molar-refractivity contribution in [3.63, 3.8) is 0 Å². The first-order valence-electron chi connectivity index (χ1n) is 13.6. The smallest absolute Gasteiger partial charge is 0.120 e. The van der Waals surface area contributed by atoms with Crippen LogP contribution in [0.4, 0.5) is 0 Å². The van der Waals surface area contributed by atoms with Crippen molar-refractivity contribution in [2.24, 2.45) is 17.3 Å². The maximum Gasteiger partial charge on any atom is 0.120 e. The fraction of sp³-hybridized carbons (Fsp3) is 0.455. The molecule has 0 radical (unpaired) electrons. The number of benzene rings is 3. The van der Waals surface area contributed by atoms with Crippen LogP contribution in [0.3, 0.4) is 0 Å². The van der Waals surface area contributed by atoms with Gasteiger partial charge in [0.25, 0.3) is 0 Å². The summed E-state index contributed by atoms with van der Waals surface area (Å²) in [5.74, 6) is 2.18. The maximum absolute atomic E-state index is 11.9. The minimum Gasteiger partial charge on any atom is -0.489 e. The zero-order chi connectivity index (χ0) is 24.8. The van der Waals surface area contributed by atoms with Gasteiger partial charge in [-0.3, -0.25) is 0 Å². The minimum atomic E-state index is -0.716. The average molecular weight is 483 g/mol. The molecule has 3 heteroatoms. The summed E-state index contributed by atoms with van der Waals surface area (Å²) in [5, 5.41) is 11.9. The van der Waals surface area contributed by atoms with Crippen LogP contribution in [-0.4, -0.2) is 16.8 Å². The predicted octanol–water partition coefficient (Wildman–Crippen LogP) is 7.07. The van der Waals surface area contributed by atoms with Crippen molar-refractivity contribution in [3.05, 3.63) is 101 Å². The summed E-state index contributed by atoms with van der Waals surface area (Å²) in [6.07, 6.45) is 5.43. The highest BCUT2D eigenvalue weighted by Gasteiger charge is 2.60. The third kappa shape index (κ3) is 4.48. The van der Waals surface area contributed by atoms with Gasteiger partial charge in [0.15, 0.2) is 0 Å². The molecule has 0 unspecified atom stereocenters. The van der Waals surface area contributed by atoms with Gasteiger partial charge in [-0.1, -0.05) is 73.7 Å². The van der Waals surface area contributed by atoms with Crippen molar-refractivity contribution < 1.29 is 14.6 Å². The number of rotatable bonds is 6. The summed E-state index contributed by atoms with van der Waals surface area (Å²) in [5.41, 5.74) is 4.50. The number of ether oxygens (including phenoxy) is 2. The second-order valence-electron chi connectivity index (χ2n) is 12.0. The van der Waals surface area contributed by atoms with Crippen molar-refractivity contribution in [2.75, 3.05) is 0 Å². The molecule has 2 saturated carbocycles. The lowest BCUT2D eigenvalue weighted by atomic mass is 9.51. The maximum atomic E-state index is 11.9. The Hall–Kier alpha value is -2.62. The van der Waals surface area contributed by atoms with E-state index in [4.69, 9.17) is 9.47 Å². The lowest BCUT2D eigenvalue weighted by Gasteiger charge is -2.55. The molecule has 0 heterocycles. The first-order valence-corrected chi connectivity index (χ1v) is 13.6. The Morgan fingerprint density at radius 3 is 2.31 bits per heavy atom. The third-order valence-electron chi connectivity index (χ3n) is 9.26. The van der Waals surface area contributed by atoms with Gasteiger partial charge in [0.1, 0.15) is 12.4 Å².